The summed E-state index contributed by atoms with van der Waals surface area (Å²) in [6.07, 6.45) is 1.93. The maximum Gasteiger partial charge on any atom is 0.0519 e. The van der Waals surface area contributed by atoms with Crippen molar-refractivity contribution in [2.45, 2.75) is 32.4 Å². The molecule has 2 rings (SSSR count). The van der Waals surface area contributed by atoms with Crippen LogP contribution in [0.5, 0.6) is 0 Å². The van der Waals surface area contributed by atoms with E-state index in [1.54, 1.807) is 11.3 Å². The highest BCUT2D eigenvalue weighted by Gasteiger charge is 2.11. The molecular formula is C16H21BrN2S. The van der Waals surface area contributed by atoms with E-state index in [-0.39, 0.29) is 6.04 Å². The maximum absolute atomic E-state index is 6.12. The Kier molecular flexibility index (Phi) is 5.64. The van der Waals surface area contributed by atoms with Gasteiger partial charge in [-0.25, -0.2) is 0 Å². The van der Waals surface area contributed by atoms with Gasteiger partial charge in [0.05, 0.1) is 6.54 Å². The van der Waals surface area contributed by atoms with Crippen LogP contribution in [0.3, 0.4) is 0 Å². The second-order valence-electron chi connectivity index (χ2n) is 5.08. The summed E-state index contributed by atoms with van der Waals surface area (Å²) in [5.74, 6) is 0. The van der Waals surface area contributed by atoms with Gasteiger partial charge in [-0.15, -0.1) is 11.3 Å². The third kappa shape index (κ3) is 4.08. The molecular weight excluding hydrogens is 332 g/mol. The summed E-state index contributed by atoms with van der Waals surface area (Å²) < 4.78 is 1.11. The second-order valence-corrected chi connectivity index (χ2v) is 7.03. The van der Waals surface area contributed by atoms with Crippen LogP contribution in [0.4, 0.5) is 5.69 Å². The fraction of sp³-hybridized carbons (Fsp3) is 0.375. The molecule has 1 atom stereocenters. The highest BCUT2D eigenvalue weighted by atomic mass is 79.9. The van der Waals surface area contributed by atoms with E-state index >= 15 is 0 Å². The zero-order valence-corrected chi connectivity index (χ0v) is 14.4. The van der Waals surface area contributed by atoms with E-state index in [0.29, 0.717) is 0 Å². The molecule has 0 spiro atoms. The normalized spacial score (nSPS) is 12.4. The lowest BCUT2D eigenvalue weighted by Gasteiger charge is -2.23. The summed E-state index contributed by atoms with van der Waals surface area (Å²) in [6, 6.07) is 11.0. The van der Waals surface area contributed by atoms with Gasteiger partial charge < -0.3 is 10.6 Å². The maximum atomic E-state index is 6.12. The van der Waals surface area contributed by atoms with Crippen LogP contribution in [-0.4, -0.2) is 13.1 Å². The van der Waals surface area contributed by atoms with Gasteiger partial charge in [0.1, 0.15) is 0 Å². The number of thiophene rings is 1. The largest absolute Gasteiger partial charge is 0.369 e. The molecule has 0 fully saturated rings. The molecule has 0 aliphatic carbocycles. The Labute approximate surface area is 133 Å². The molecule has 0 radical (unpaired) electrons. The Hall–Kier alpha value is -0.840. The lowest BCUT2D eigenvalue weighted by atomic mass is 10.0. The molecule has 0 saturated carbocycles. The van der Waals surface area contributed by atoms with E-state index in [0.717, 1.165) is 23.9 Å². The molecule has 0 amide bonds. The van der Waals surface area contributed by atoms with Crippen LogP contribution in [0, 0.1) is 0 Å². The van der Waals surface area contributed by atoms with Crippen molar-refractivity contribution in [3.63, 3.8) is 0 Å². The molecule has 4 heteroatoms. The van der Waals surface area contributed by atoms with E-state index in [1.807, 2.05) is 0 Å². The first kappa shape index (κ1) is 15.5. The van der Waals surface area contributed by atoms with E-state index in [9.17, 15) is 0 Å². The predicted molar refractivity (Wildman–Crippen MR) is 92.5 cm³/mol. The van der Waals surface area contributed by atoms with Gasteiger partial charge in [0.2, 0.25) is 0 Å². The SMILES string of the molecule is CCC(N)Cc1ccc(Br)cc1N(C)Cc1cccs1. The first-order valence-electron chi connectivity index (χ1n) is 6.87. The van der Waals surface area contributed by atoms with Gasteiger partial charge >= 0.3 is 0 Å². The zero-order valence-electron chi connectivity index (χ0n) is 12.0. The van der Waals surface area contributed by atoms with Gasteiger partial charge in [0, 0.05) is 28.1 Å². The van der Waals surface area contributed by atoms with E-state index in [4.69, 9.17) is 5.73 Å². The van der Waals surface area contributed by atoms with E-state index in [2.05, 4.69) is 70.5 Å². The smallest absolute Gasteiger partial charge is 0.0519 e. The highest BCUT2D eigenvalue weighted by molar-refractivity contribution is 9.10. The van der Waals surface area contributed by atoms with Crippen LogP contribution in [0.15, 0.2) is 40.2 Å². The Bertz CT molecular complexity index is 539. The van der Waals surface area contributed by atoms with E-state index < -0.39 is 0 Å². The number of benzene rings is 1. The molecule has 0 aliphatic rings. The Morgan fingerprint density at radius 1 is 1.35 bits per heavy atom. The van der Waals surface area contributed by atoms with Crippen molar-refractivity contribution < 1.29 is 0 Å². The summed E-state index contributed by atoms with van der Waals surface area (Å²) in [6.45, 7) is 3.07. The molecule has 2 aromatic rings. The summed E-state index contributed by atoms with van der Waals surface area (Å²) in [7, 11) is 2.14. The number of halogens is 1. The topological polar surface area (TPSA) is 29.3 Å². The van der Waals surface area contributed by atoms with Crippen molar-refractivity contribution in [2.24, 2.45) is 5.73 Å². The van der Waals surface area contributed by atoms with Gasteiger partial charge in [-0.3, -0.25) is 0 Å². The third-order valence-corrected chi connectivity index (χ3v) is 4.79. The molecule has 0 aliphatic heterocycles. The van der Waals surface area contributed by atoms with Crippen molar-refractivity contribution in [3.8, 4) is 0 Å². The summed E-state index contributed by atoms with van der Waals surface area (Å²) in [5.41, 5.74) is 8.70. The summed E-state index contributed by atoms with van der Waals surface area (Å²) in [5, 5.41) is 2.12. The molecule has 2 N–H and O–H groups in total. The van der Waals surface area contributed by atoms with Crippen molar-refractivity contribution in [1.82, 2.24) is 0 Å². The van der Waals surface area contributed by atoms with Crippen molar-refractivity contribution >= 4 is 33.0 Å². The highest BCUT2D eigenvalue weighted by Crippen LogP contribution is 2.27. The van der Waals surface area contributed by atoms with Crippen molar-refractivity contribution in [2.75, 3.05) is 11.9 Å². The number of nitrogens with zero attached hydrogens (tertiary/aromatic N) is 1. The molecule has 1 heterocycles. The van der Waals surface area contributed by atoms with Crippen LogP contribution in [-0.2, 0) is 13.0 Å². The fourth-order valence-electron chi connectivity index (χ4n) is 2.21. The second kappa shape index (κ2) is 7.25. The van der Waals surface area contributed by atoms with Crippen molar-refractivity contribution in [1.29, 1.82) is 0 Å². The summed E-state index contributed by atoms with van der Waals surface area (Å²) in [4.78, 5) is 3.67. The lowest BCUT2D eigenvalue weighted by Crippen LogP contribution is -2.24. The first-order valence-corrected chi connectivity index (χ1v) is 8.55. The van der Waals surface area contributed by atoms with Crippen molar-refractivity contribution in [3.05, 3.63) is 50.6 Å². The van der Waals surface area contributed by atoms with Crippen LogP contribution in [0.1, 0.15) is 23.8 Å². The average Bonchev–Trinajstić information content (AvgIpc) is 2.93. The van der Waals surface area contributed by atoms with Crippen LogP contribution < -0.4 is 10.6 Å². The average molecular weight is 353 g/mol. The molecule has 1 aromatic carbocycles. The lowest BCUT2D eigenvalue weighted by molar-refractivity contribution is 0.645. The molecule has 0 bridgehead atoms. The van der Waals surface area contributed by atoms with Crippen LogP contribution in [0.2, 0.25) is 0 Å². The molecule has 108 valence electrons. The molecule has 1 aromatic heterocycles. The van der Waals surface area contributed by atoms with Crippen LogP contribution >= 0.6 is 27.3 Å². The monoisotopic (exact) mass is 352 g/mol. The Morgan fingerprint density at radius 2 is 2.15 bits per heavy atom. The first-order chi connectivity index (χ1) is 9.60. The molecule has 20 heavy (non-hydrogen) atoms. The minimum absolute atomic E-state index is 0.227. The van der Waals surface area contributed by atoms with Gasteiger partial charge in [0.15, 0.2) is 0 Å². The minimum atomic E-state index is 0.227. The van der Waals surface area contributed by atoms with Gasteiger partial charge in [-0.2, -0.15) is 0 Å². The quantitative estimate of drug-likeness (QED) is 0.833. The third-order valence-electron chi connectivity index (χ3n) is 3.44. The molecule has 2 nitrogen and oxygen atoms in total. The van der Waals surface area contributed by atoms with E-state index in [1.165, 1.54) is 16.1 Å². The number of hydrogen-bond acceptors (Lipinski definition) is 3. The minimum Gasteiger partial charge on any atom is -0.369 e. The number of hydrogen-bond donors (Lipinski definition) is 1. The van der Waals surface area contributed by atoms with Gasteiger partial charge in [-0.1, -0.05) is 35.0 Å². The summed E-state index contributed by atoms with van der Waals surface area (Å²) >= 11 is 5.37. The Balaban J connectivity index is 2.21. The molecule has 0 saturated heterocycles. The number of anilines is 1. The number of nitrogens with two attached hydrogens (primary N) is 1. The van der Waals surface area contributed by atoms with Gasteiger partial charge in [-0.05, 0) is 42.0 Å². The van der Waals surface area contributed by atoms with Gasteiger partial charge in [0.25, 0.3) is 0 Å². The molecule has 1 unspecified atom stereocenters. The Morgan fingerprint density at radius 3 is 2.80 bits per heavy atom. The van der Waals surface area contributed by atoms with Crippen LogP contribution in [0.25, 0.3) is 0 Å². The number of rotatable bonds is 6. The zero-order chi connectivity index (χ0) is 14.5. The standard InChI is InChI=1S/C16H21BrN2S/c1-3-14(18)9-12-6-7-13(17)10-16(12)19(2)11-15-5-4-8-20-15/h4-8,10,14H,3,9,11,18H2,1-2H3. The fourth-order valence-corrected chi connectivity index (χ4v) is 3.32. The predicted octanol–water partition coefficient (Wildman–Crippen LogP) is 4.43.